The molecule has 0 amide bonds. The van der Waals surface area contributed by atoms with Crippen molar-refractivity contribution < 1.29 is 13.2 Å². The normalized spacial score (nSPS) is 22.6. The number of guanidine groups is 1. The minimum absolute atomic E-state index is 0. The van der Waals surface area contributed by atoms with Crippen LogP contribution in [0.4, 0.5) is 0 Å². The highest BCUT2D eigenvalue weighted by molar-refractivity contribution is 14.0. The zero-order valence-electron chi connectivity index (χ0n) is 15.4. The lowest BCUT2D eigenvalue weighted by Crippen LogP contribution is -2.49. The number of ether oxygens (including phenoxy) is 1. The number of hydrogen-bond acceptors (Lipinski definition) is 5. The first-order valence-electron chi connectivity index (χ1n) is 8.85. The van der Waals surface area contributed by atoms with Crippen LogP contribution in [0.15, 0.2) is 4.99 Å². The standard InChI is InChI=1S/C16H32N4O3S.HI/c1-17-15(19-14-16(4-3-5-16)6-11-23-2)18-7-8-20-9-12-24(21,22)13-10-20;/h3-14H2,1-2H3,(H2,17,18,19);1H. The Balaban J connectivity index is 0.00000312. The van der Waals surface area contributed by atoms with Crippen LogP contribution in [-0.4, -0.2) is 84.3 Å². The monoisotopic (exact) mass is 488 g/mol. The molecule has 0 aromatic rings. The van der Waals surface area contributed by atoms with Crippen molar-refractivity contribution in [1.82, 2.24) is 15.5 Å². The zero-order chi connectivity index (χ0) is 17.5. The third-order valence-corrected chi connectivity index (χ3v) is 6.87. The lowest BCUT2D eigenvalue weighted by atomic mass is 9.67. The van der Waals surface area contributed by atoms with E-state index >= 15 is 0 Å². The Kier molecular flexibility index (Phi) is 9.97. The van der Waals surface area contributed by atoms with Crippen LogP contribution in [0.25, 0.3) is 0 Å². The highest BCUT2D eigenvalue weighted by atomic mass is 127. The first-order chi connectivity index (χ1) is 11.5. The van der Waals surface area contributed by atoms with Crippen LogP contribution in [0, 0.1) is 5.41 Å². The second-order valence-corrected chi connectivity index (χ2v) is 9.25. The predicted octanol–water partition coefficient (Wildman–Crippen LogP) is 0.707. The first kappa shape index (κ1) is 22.9. The van der Waals surface area contributed by atoms with Gasteiger partial charge >= 0.3 is 0 Å². The molecule has 0 aromatic heterocycles. The molecule has 25 heavy (non-hydrogen) atoms. The fraction of sp³-hybridized carbons (Fsp3) is 0.938. The molecule has 0 atom stereocenters. The van der Waals surface area contributed by atoms with E-state index in [1.807, 2.05) is 0 Å². The first-order valence-corrected chi connectivity index (χ1v) is 10.7. The second-order valence-electron chi connectivity index (χ2n) is 6.94. The van der Waals surface area contributed by atoms with Crippen LogP contribution in [-0.2, 0) is 14.6 Å². The minimum Gasteiger partial charge on any atom is -0.385 e. The van der Waals surface area contributed by atoms with Crippen LogP contribution >= 0.6 is 24.0 Å². The molecule has 0 unspecified atom stereocenters. The molecule has 148 valence electrons. The van der Waals surface area contributed by atoms with Gasteiger partial charge in [0.2, 0.25) is 0 Å². The number of sulfone groups is 1. The maximum absolute atomic E-state index is 11.4. The van der Waals surface area contributed by atoms with Gasteiger partial charge in [-0.1, -0.05) is 6.42 Å². The summed E-state index contributed by atoms with van der Waals surface area (Å²) in [7, 11) is 0.740. The van der Waals surface area contributed by atoms with Crippen LogP contribution < -0.4 is 10.6 Å². The summed E-state index contributed by atoms with van der Waals surface area (Å²) < 4.78 is 28.1. The van der Waals surface area contributed by atoms with Gasteiger partial charge in [0.1, 0.15) is 0 Å². The van der Waals surface area contributed by atoms with E-state index in [2.05, 4.69) is 20.5 Å². The quantitative estimate of drug-likeness (QED) is 0.298. The van der Waals surface area contributed by atoms with Crippen LogP contribution in [0.5, 0.6) is 0 Å². The molecule has 1 aliphatic heterocycles. The SMILES string of the molecule is CN=C(NCCN1CCS(=O)(=O)CC1)NCC1(CCOC)CCC1.I. The molecule has 7 nitrogen and oxygen atoms in total. The Bertz CT molecular complexity index is 509. The molecule has 0 bridgehead atoms. The summed E-state index contributed by atoms with van der Waals surface area (Å²) in [5.74, 6) is 1.38. The molecule has 0 spiro atoms. The van der Waals surface area contributed by atoms with Crippen molar-refractivity contribution in [1.29, 1.82) is 0 Å². The van der Waals surface area contributed by atoms with Gasteiger partial charge in [-0.3, -0.25) is 9.89 Å². The summed E-state index contributed by atoms with van der Waals surface area (Å²) in [6.45, 7) is 4.62. The molecule has 2 aliphatic rings. The highest BCUT2D eigenvalue weighted by Gasteiger charge is 2.36. The molecule has 0 radical (unpaired) electrons. The number of methoxy groups -OCH3 is 1. The third-order valence-electron chi connectivity index (χ3n) is 5.26. The summed E-state index contributed by atoms with van der Waals surface area (Å²) >= 11 is 0. The number of hydrogen-bond donors (Lipinski definition) is 2. The van der Waals surface area contributed by atoms with Crippen LogP contribution in [0.2, 0.25) is 0 Å². The van der Waals surface area contributed by atoms with E-state index in [0.29, 0.717) is 18.5 Å². The minimum atomic E-state index is -2.80. The van der Waals surface area contributed by atoms with Crippen molar-refractivity contribution in [3.63, 3.8) is 0 Å². The third kappa shape index (κ3) is 7.56. The van der Waals surface area contributed by atoms with Gasteiger partial charge in [-0.05, 0) is 24.7 Å². The maximum atomic E-state index is 11.4. The lowest BCUT2D eigenvalue weighted by Gasteiger charge is -2.42. The van der Waals surface area contributed by atoms with Crippen molar-refractivity contribution in [2.45, 2.75) is 25.7 Å². The van der Waals surface area contributed by atoms with Gasteiger partial charge in [-0.25, -0.2) is 8.42 Å². The Hall–Kier alpha value is -0.130. The number of rotatable bonds is 8. The fourth-order valence-electron chi connectivity index (χ4n) is 3.31. The van der Waals surface area contributed by atoms with Crippen molar-refractivity contribution >= 4 is 39.8 Å². The van der Waals surface area contributed by atoms with Crippen molar-refractivity contribution in [2.75, 3.05) is 65.0 Å². The summed E-state index contributed by atoms with van der Waals surface area (Å²) in [5.41, 5.74) is 0.356. The van der Waals surface area contributed by atoms with E-state index in [9.17, 15) is 8.42 Å². The molecule has 2 rings (SSSR count). The lowest BCUT2D eigenvalue weighted by molar-refractivity contribution is 0.0732. The average molecular weight is 488 g/mol. The molecule has 0 aromatic carbocycles. The fourth-order valence-corrected chi connectivity index (χ4v) is 4.59. The van der Waals surface area contributed by atoms with Gasteiger partial charge in [0.05, 0.1) is 11.5 Å². The Labute approximate surface area is 169 Å². The Morgan fingerprint density at radius 2 is 1.92 bits per heavy atom. The van der Waals surface area contributed by atoms with Gasteiger partial charge < -0.3 is 15.4 Å². The molecule has 1 aliphatic carbocycles. The molecule has 2 fully saturated rings. The van der Waals surface area contributed by atoms with Gasteiger partial charge in [-0.15, -0.1) is 24.0 Å². The molecular formula is C16H33IN4O3S. The van der Waals surface area contributed by atoms with Crippen molar-refractivity contribution in [3.05, 3.63) is 0 Å². The second kappa shape index (κ2) is 10.9. The summed E-state index contributed by atoms with van der Waals surface area (Å²) in [5, 5.41) is 6.77. The topological polar surface area (TPSA) is 83.0 Å². The average Bonchev–Trinajstić information content (AvgIpc) is 2.53. The van der Waals surface area contributed by atoms with E-state index < -0.39 is 9.84 Å². The van der Waals surface area contributed by atoms with Crippen LogP contribution in [0.3, 0.4) is 0 Å². The van der Waals surface area contributed by atoms with Gasteiger partial charge in [0.25, 0.3) is 0 Å². The molecule has 9 heteroatoms. The number of aliphatic imine (C=N–C) groups is 1. The summed E-state index contributed by atoms with van der Waals surface area (Å²) in [6.07, 6.45) is 4.90. The Morgan fingerprint density at radius 3 is 2.44 bits per heavy atom. The Morgan fingerprint density at radius 1 is 1.24 bits per heavy atom. The van der Waals surface area contributed by atoms with E-state index in [-0.39, 0.29) is 35.5 Å². The smallest absolute Gasteiger partial charge is 0.191 e. The zero-order valence-corrected chi connectivity index (χ0v) is 18.6. The van der Waals surface area contributed by atoms with Crippen molar-refractivity contribution in [2.24, 2.45) is 10.4 Å². The highest BCUT2D eigenvalue weighted by Crippen LogP contribution is 2.43. The molecule has 1 saturated carbocycles. The van der Waals surface area contributed by atoms with E-state index in [4.69, 9.17) is 4.74 Å². The van der Waals surface area contributed by atoms with Gasteiger partial charge in [0.15, 0.2) is 15.8 Å². The van der Waals surface area contributed by atoms with Crippen molar-refractivity contribution in [3.8, 4) is 0 Å². The molecule has 2 N–H and O–H groups in total. The number of nitrogens with zero attached hydrogens (tertiary/aromatic N) is 2. The molecule has 1 heterocycles. The van der Waals surface area contributed by atoms with E-state index in [0.717, 1.165) is 38.6 Å². The van der Waals surface area contributed by atoms with Gasteiger partial charge in [-0.2, -0.15) is 0 Å². The largest absolute Gasteiger partial charge is 0.385 e. The van der Waals surface area contributed by atoms with E-state index in [1.165, 1.54) is 19.3 Å². The summed E-state index contributed by atoms with van der Waals surface area (Å²) in [6, 6.07) is 0. The summed E-state index contributed by atoms with van der Waals surface area (Å²) in [4.78, 5) is 6.47. The molecule has 1 saturated heterocycles. The number of halogens is 1. The number of nitrogens with one attached hydrogen (secondary N) is 2. The maximum Gasteiger partial charge on any atom is 0.191 e. The predicted molar refractivity (Wildman–Crippen MR) is 113 cm³/mol. The van der Waals surface area contributed by atoms with E-state index in [1.54, 1.807) is 14.2 Å². The van der Waals surface area contributed by atoms with Gasteiger partial charge in [0, 0.05) is 53.5 Å². The molecular weight excluding hydrogens is 455 g/mol. The van der Waals surface area contributed by atoms with Crippen LogP contribution in [0.1, 0.15) is 25.7 Å².